The maximum Gasteiger partial charge on any atom is 1.00 e. The summed E-state index contributed by atoms with van der Waals surface area (Å²) in [6, 6.07) is 7.36. The Morgan fingerprint density at radius 2 is 2.04 bits per heavy atom. The van der Waals surface area contributed by atoms with E-state index < -0.39 is 5.88 Å². The summed E-state index contributed by atoms with van der Waals surface area (Å²) in [5.41, 5.74) is 0.418. The fourth-order valence-corrected chi connectivity index (χ4v) is 2.73. The Labute approximate surface area is 176 Å². The molecule has 1 fully saturated rings. The zero-order chi connectivity index (χ0) is 17.9. The molecule has 7 nitrogen and oxygen atoms in total. The van der Waals surface area contributed by atoms with Crippen molar-refractivity contribution < 1.29 is 53.1 Å². The van der Waals surface area contributed by atoms with Gasteiger partial charge in [-0.3, -0.25) is 0 Å². The molecule has 1 saturated carbocycles. The topological polar surface area (TPSA) is 93.3 Å². The zero-order valence-corrected chi connectivity index (χ0v) is 16.7. The van der Waals surface area contributed by atoms with Crippen molar-refractivity contribution in [3.8, 4) is 29.0 Å². The third-order valence-corrected chi connectivity index (χ3v) is 4.13. The van der Waals surface area contributed by atoms with Crippen molar-refractivity contribution in [1.82, 2.24) is 15.1 Å². The second-order valence-electron chi connectivity index (χ2n) is 6.11. The molecule has 0 radical (unpaired) electrons. The van der Waals surface area contributed by atoms with Gasteiger partial charge in [-0.2, -0.15) is 0 Å². The van der Waals surface area contributed by atoms with Crippen LogP contribution < -0.4 is 44.1 Å². The molecule has 1 aliphatic rings. The molecule has 27 heavy (non-hydrogen) atoms. The maximum atomic E-state index is 13.1. The van der Waals surface area contributed by atoms with Crippen LogP contribution in [0, 0.1) is 11.7 Å². The monoisotopic (exact) mass is 379 g/mol. The first-order chi connectivity index (χ1) is 12.7. The molecule has 0 N–H and O–H groups in total. The minimum absolute atomic E-state index is 0. The van der Waals surface area contributed by atoms with Crippen LogP contribution in [0.5, 0.6) is 17.5 Å². The van der Waals surface area contributed by atoms with Crippen LogP contribution in [0.3, 0.4) is 0 Å². The molecule has 1 aliphatic carbocycles. The van der Waals surface area contributed by atoms with Crippen LogP contribution in [0.2, 0.25) is 0 Å². The van der Waals surface area contributed by atoms with Gasteiger partial charge in [0.05, 0.1) is 19.0 Å². The number of ether oxygens (including phenoxy) is 2. The number of nitrogens with zero attached hydrogens (tertiary/aromatic N) is 3. The standard InChI is InChI=1S/C18H16FN3O4.Na/c19-12-2-1-3-13(6-12)24-10-11-4-14(5-11)25-18-9-20-15(8-21-18)16-7-17(23)22-26-16;/h1-3,6-9,11,14H,4-5,10H2,(H,22,23);/q;+1/p-1/t11-,14+;. The summed E-state index contributed by atoms with van der Waals surface area (Å²) in [6.45, 7) is 0.525. The molecular weight excluding hydrogens is 364 g/mol. The van der Waals surface area contributed by atoms with E-state index in [1.54, 1.807) is 12.1 Å². The Hall–Kier alpha value is -2.16. The van der Waals surface area contributed by atoms with Gasteiger partial charge in [0.15, 0.2) is 5.76 Å². The van der Waals surface area contributed by atoms with E-state index in [2.05, 4.69) is 15.1 Å². The Bertz CT molecular complexity index is 884. The molecular formula is C18H15FN3NaO4. The van der Waals surface area contributed by atoms with Crippen molar-refractivity contribution in [1.29, 1.82) is 0 Å². The average Bonchev–Trinajstić information content (AvgIpc) is 3.04. The molecule has 1 aromatic carbocycles. The molecule has 0 atom stereocenters. The first-order valence-corrected chi connectivity index (χ1v) is 8.17. The molecule has 0 spiro atoms. The minimum atomic E-state index is -0.455. The zero-order valence-electron chi connectivity index (χ0n) is 14.7. The van der Waals surface area contributed by atoms with Gasteiger partial charge in [-0.15, -0.1) is 0 Å². The number of aromatic nitrogens is 3. The van der Waals surface area contributed by atoms with Crippen LogP contribution in [-0.2, 0) is 0 Å². The number of benzene rings is 1. The summed E-state index contributed by atoms with van der Waals surface area (Å²) < 4.78 is 29.3. The van der Waals surface area contributed by atoms with Crippen molar-refractivity contribution >= 4 is 0 Å². The van der Waals surface area contributed by atoms with E-state index in [0.29, 0.717) is 29.8 Å². The third-order valence-electron chi connectivity index (χ3n) is 4.13. The van der Waals surface area contributed by atoms with Gasteiger partial charge < -0.3 is 19.1 Å². The van der Waals surface area contributed by atoms with E-state index in [0.717, 1.165) is 12.8 Å². The summed E-state index contributed by atoms with van der Waals surface area (Å²) in [5.74, 6) is 0.807. The summed E-state index contributed by atoms with van der Waals surface area (Å²) >= 11 is 0. The first-order valence-electron chi connectivity index (χ1n) is 8.17. The Morgan fingerprint density at radius 1 is 1.19 bits per heavy atom. The number of hydrogen-bond donors (Lipinski definition) is 0. The number of hydrogen-bond acceptors (Lipinski definition) is 7. The summed E-state index contributed by atoms with van der Waals surface area (Å²) in [4.78, 5) is 8.32. The molecule has 9 heteroatoms. The van der Waals surface area contributed by atoms with E-state index in [4.69, 9.17) is 14.0 Å². The van der Waals surface area contributed by atoms with Crippen molar-refractivity contribution in [2.45, 2.75) is 18.9 Å². The predicted molar refractivity (Wildman–Crippen MR) is 86.0 cm³/mol. The molecule has 0 unspecified atom stereocenters. The van der Waals surface area contributed by atoms with E-state index in [9.17, 15) is 9.50 Å². The van der Waals surface area contributed by atoms with Gasteiger partial charge in [-0.1, -0.05) is 11.2 Å². The fraction of sp³-hybridized carbons (Fsp3) is 0.278. The molecule has 3 aromatic rings. The Kier molecular flexibility index (Phi) is 6.30. The first kappa shape index (κ1) is 19.6. The number of rotatable bonds is 6. The molecule has 0 amide bonds. The number of halogens is 1. The average molecular weight is 379 g/mol. The van der Waals surface area contributed by atoms with Gasteiger partial charge in [0.1, 0.15) is 23.4 Å². The molecule has 0 saturated heterocycles. The summed E-state index contributed by atoms with van der Waals surface area (Å²) in [5, 5.41) is 14.3. The van der Waals surface area contributed by atoms with Crippen LogP contribution in [0.15, 0.2) is 47.2 Å². The largest absolute Gasteiger partial charge is 1.00 e. The van der Waals surface area contributed by atoms with E-state index in [1.165, 1.54) is 30.6 Å². The van der Waals surface area contributed by atoms with Gasteiger partial charge in [-0.25, -0.2) is 14.4 Å². The minimum Gasteiger partial charge on any atom is -0.856 e. The van der Waals surface area contributed by atoms with Crippen LogP contribution in [0.4, 0.5) is 4.39 Å². The molecule has 134 valence electrons. The van der Waals surface area contributed by atoms with Gasteiger partial charge in [0, 0.05) is 18.0 Å². The third kappa shape index (κ3) is 4.97. The van der Waals surface area contributed by atoms with Gasteiger partial charge in [-0.05, 0) is 30.9 Å². The quantitative estimate of drug-likeness (QED) is 0.537. The van der Waals surface area contributed by atoms with Crippen LogP contribution >= 0.6 is 0 Å². The van der Waals surface area contributed by atoms with Gasteiger partial charge in [0.25, 0.3) is 0 Å². The van der Waals surface area contributed by atoms with Gasteiger partial charge >= 0.3 is 29.6 Å². The van der Waals surface area contributed by atoms with Crippen molar-refractivity contribution in [3.63, 3.8) is 0 Å². The smallest absolute Gasteiger partial charge is 0.856 e. The molecule has 0 aliphatic heterocycles. The van der Waals surface area contributed by atoms with E-state index in [1.807, 2.05) is 0 Å². The molecule has 2 aromatic heterocycles. The van der Waals surface area contributed by atoms with E-state index >= 15 is 0 Å². The summed E-state index contributed by atoms with van der Waals surface area (Å²) in [6.07, 6.45) is 4.67. The fourth-order valence-electron chi connectivity index (χ4n) is 2.73. The normalized spacial score (nSPS) is 18.3. The van der Waals surface area contributed by atoms with Crippen LogP contribution in [0.25, 0.3) is 11.5 Å². The SMILES string of the molecule is [Na+].[O-]c1cc(-c2cnc(O[C@H]3C[C@@H](COc4cccc(F)c4)C3)cn2)on1. The second kappa shape index (κ2) is 8.69. The molecule has 2 heterocycles. The molecule has 4 rings (SSSR count). The Balaban J connectivity index is 0.00000210. The second-order valence-corrected chi connectivity index (χ2v) is 6.11. The summed E-state index contributed by atoms with van der Waals surface area (Å²) in [7, 11) is 0. The van der Waals surface area contributed by atoms with Crippen molar-refractivity contribution in [2.75, 3.05) is 6.61 Å². The van der Waals surface area contributed by atoms with Crippen LogP contribution in [-0.4, -0.2) is 27.8 Å². The maximum absolute atomic E-state index is 13.1. The van der Waals surface area contributed by atoms with Crippen molar-refractivity contribution in [3.05, 3.63) is 48.5 Å². The van der Waals surface area contributed by atoms with E-state index in [-0.39, 0.29) is 47.2 Å². The van der Waals surface area contributed by atoms with Crippen molar-refractivity contribution in [2.24, 2.45) is 5.92 Å². The Morgan fingerprint density at radius 3 is 2.70 bits per heavy atom. The molecule has 0 bridgehead atoms. The van der Waals surface area contributed by atoms with Gasteiger partial charge in [0.2, 0.25) is 5.88 Å². The predicted octanol–water partition coefficient (Wildman–Crippen LogP) is -0.415. The van der Waals surface area contributed by atoms with Crippen LogP contribution in [0.1, 0.15) is 12.8 Å².